The van der Waals surface area contributed by atoms with Crippen molar-refractivity contribution in [2.24, 2.45) is 0 Å². The second-order valence-electron chi connectivity index (χ2n) is 2.13. The van der Waals surface area contributed by atoms with E-state index in [2.05, 4.69) is 0 Å². The van der Waals surface area contributed by atoms with E-state index in [9.17, 15) is 13.2 Å². The molecule has 0 aliphatic carbocycles. The minimum atomic E-state index is -1.57. The Labute approximate surface area is 132 Å². The van der Waals surface area contributed by atoms with Crippen LogP contribution in [-0.4, -0.2) is 37.7 Å². The van der Waals surface area contributed by atoms with Crippen molar-refractivity contribution in [3.8, 4) is 12.1 Å². The van der Waals surface area contributed by atoms with Gasteiger partial charge in [-0.05, 0) is 6.07 Å². The van der Waals surface area contributed by atoms with Crippen LogP contribution >= 0.6 is 0 Å². The van der Waals surface area contributed by atoms with Gasteiger partial charge in [0.05, 0.1) is 5.56 Å². The van der Waals surface area contributed by atoms with Gasteiger partial charge in [0.25, 0.3) is 0 Å². The van der Waals surface area contributed by atoms with Crippen LogP contribution in [0.5, 0.6) is 0 Å². The predicted molar refractivity (Wildman–Crippen MR) is 41.5 cm³/mol. The summed E-state index contributed by atoms with van der Waals surface area (Å²) in [7, 11) is 0. The fraction of sp³-hybridized carbons (Fsp3) is 0. The van der Waals surface area contributed by atoms with Crippen molar-refractivity contribution in [3.05, 3.63) is 34.6 Å². The zero-order valence-corrected chi connectivity index (χ0v) is 11.3. The molecular formula is C8HCaCl2F3N2. The van der Waals surface area contributed by atoms with Crippen LogP contribution in [-0.2, 0) is 0 Å². The first-order chi connectivity index (χ1) is 6.11. The molecule has 0 radical (unpaired) electrons. The molecular weight excluding hydrogens is 292 g/mol. The van der Waals surface area contributed by atoms with E-state index in [1.54, 1.807) is 0 Å². The zero-order chi connectivity index (χ0) is 10.0. The van der Waals surface area contributed by atoms with Gasteiger partial charge in [0.15, 0.2) is 17.5 Å². The first-order valence-corrected chi connectivity index (χ1v) is 3.09. The molecule has 2 nitrogen and oxygen atoms in total. The first kappa shape index (κ1) is 21.1. The van der Waals surface area contributed by atoms with Gasteiger partial charge < -0.3 is 24.8 Å². The Bertz CT molecular complexity index is 454. The monoisotopic (exact) mass is 292 g/mol. The Morgan fingerprint density at radius 2 is 1.44 bits per heavy atom. The SMILES string of the molecule is N#Cc1cc(F)c(F)c(C#N)c1F.[Ca+2].[Cl-].[Cl-]. The fourth-order valence-corrected chi connectivity index (χ4v) is 0.783. The second-order valence-corrected chi connectivity index (χ2v) is 2.13. The third-order valence-electron chi connectivity index (χ3n) is 1.39. The standard InChI is InChI=1S/C8HF3N2.Ca.2ClH/c9-6-1-4(2-12)7(10)5(3-13)8(6)11;;;/h1H;;2*1H/q;+2;;/p-2. The minimum Gasteiger partial charge on any atom is -1.00 e. The number of rotatable bonds is 0. The maximum Gasteiger partial charge on any atom is 2.00 e. The summed E-state index contributed by atoms with van der Waals surface area (Å²) in [6.45, 7) is 0. The van der Waals surface area contributed by atoms with E-state index >= 15 is 0 Å². The van der Waals surface area contributed by atoms with Crippen molar-refractivity contribution in [1.29, 1.82) is 10.5 Å². The molecule has 0 aliphatic heterocycles. The van der Waals surface area contributed by atoms with Gasteiger partial charge in [-0.3, -0.25) is 0 Å². The molecule has 0 spiro atoms. The molecule has 0 saturated heterocycles. The molecule has 0 unspecified atom stereocenters. The number of nitrogens with zero attached hydrogens (tertiary/aromatic N) is 2. The van der Waals surface area contributed by atoms with Gasteiger partial charge in [-0.25, -0.2) is 13.2 Å². The van der Waals surface area contributed by atoms with Crippen molar-refractivity contribution < 1.29 is 38.0 Å². The van der Waals surface area contributed by atoms with E-state index in [1.165, 1.54) is 6.07 Å². The van der Waals surface area contributed by atoms with Gasteiger partial charge in [-0.1, -0.05) is 0 Å². The Morgan fingerprint density at radius 1 is 0.938 bits per heavy atom. The van der Waals surface area contributed by atoms with Crippen LogP contribution in [0.15, 0.2) is 6.07 Å². The Kier molecular flexibility index (Phi) is 11.8. The zero-order valence-electron chi connectivity index (χ0n) is 7.57. The maximum atomic E-state index is 12.9. The molecule has 0 bridgehead atoms. The van der Waals surface area contributed by atoms with Crippen LogP contribution in [0, 0.1) is 40.1 Å². The van der Waals surface area contributed by atoms with E-state index in [4.69, 9.17) is 10.5 Å². The molecule has 0 aliphatic rings. The molecule has 0 saturated carbocycles. The Morgan fingerprint density at radius 3 is 1.81 bits per heavy atom. The summed E-state index contributed by atoms with van der Waals surface area (Å²) < 4.78 is 38.0. The number of hydrogen-bond donors (Lipinski definition) is 0. The van der Waals surface area contributed by atoms with Gasteiger partial charge in [-0.2, -0.15) is 10.5 Å². The van der Waals surface area contributed by atoms with E-state index < -0.39 is 28.6 Å². The van der Waals surface area contributed by atoms with Gasteiger partial charge in [0, 0.05) is 0 Å². The van der Waals surface area contributed by atoms with Gasteiger partial charge >= 0.3 is 37.7 Å². The molecule has 0 amide bonds. The molecule has 16 heavy (non-hydrogen) atoms. The summed E-state index contributed by atoms with van der Waals surface area (Å²) in [6.07, 6.45) is 0. The summed E-state index contributed by atoms with van der Waals surface area (Å²) in [5.41, 5.74) is -1.76. The molecule has 1 aromatic rings. The molecule has 0 N–H and O–H groups in total. The summed E-state index contributed by atoms with van der Waals surface area (Å²) in [6, 6.07) is 2.85. The van der Waals surface area contributed by atoms with Crippen molar-refractivity contribution >= 4 is 37.7 Å². The summed E-state index contributed by atoms with van der Waals surface area (Å²) >= 11 is 0. The molecule has 0 heterocycles. The van der Waals surface area contributed by atoms with E-state index in [-0.39, 0.29) is 62.6 Å². The van der Waals surface area contributed by atoms with Crippen LogP contribution in [0.1, 0.15) is 11.1 Å². The fourth-order valence-electron chi connectivity index (χ4n) is 0.783. The van der Waals surface area contributed by atoms with Crippen LogP contribution in [0.3, 0.4) is 0 Å². The normalized spacial score (nSPS) is 7.31. The van der Waals surface area contributed by atoms with Crippen molar-refractivity contribution in [2.75, 3.05) is 0 Å². The van der Waals surface area contributed by atoms with Gasteiger partial charge in [-0.15, -0.1) is 0 Å². The number of hydrogen-bond acceptors (Lipinski definition) is 2. The van der Waals surface area contributed by atoms with Crippen molar-refractivity contribution in [3.63, 3.8) is 0 Å². The number of halogens is 5. The summed E-state index contributed by atoms with van der Waals surface area (Å²) in [4.78, 5) is 0. The van der Waals surface area contributed by atoms with E-state index in [0.29, 0.717) is 6.07 Å². The molecule has 8 heteroatoms. The van der Waals surface area contributed by atoms with Gasteiger partial charge in [0.1, 0.15) is 17.7 Å². The molecule has 0 atom stereocenters. The van der Waals surface area contributed by atoms with Crippen LogP contribution in [0.25, 0.3) is 0 Å². The minimum absolute atomic E-state index is 0. The smallest absolute Gasteiger partial charge is 1.00 e. The molecule has 1 aromatic carbocycles. The van der Waals surface area contributed by atoms with E-state index in [0.717, 1.165) is 6.07 Å². The molecule has 0 fully saturated rings. The van der Waals surface area contributed by atoms with Crippen LogP contribution < -0.4 is 24.8 Å². The summed E-state index contributed by atoms with van der Waals surface area (Å²) in [5, 5.41) is 16.5. The molecule has 80 valence electrons. The molecule has 0 aromatic heterocycles. The topological polar surface area (TPSA) is 47.6 Å². The average Bonchev–Trinajstić information content (AvgIpc) is 2.12. The third kappa shape index (κ3) is 4.01. The van der Waals surface area contributed by atoms with Crippen LogP contribution in [0.4, 0.5) is 13.2 Å². The Balaban J connectivity index is -0.000000563. The van der Waals surface area contributed by atoms with Crippen molar-refractivity contribution in [2.45, 2.75) is 0 Å². The van der Waals surface area contributed by atoms with E-state index in [1.807, 2.05) is 0 Å². The number of nitriles is 2. The largest absolute Gasteiger partial charge is 2.00 e. The van der Waals surface area contributed by atoms with Crippen molar-refractivity contribution in [1.82, 2.24) is 0 Å². The Hall–Kier alpha value is -0.170. The van der Waals surface area contributed by atoms with Crippen LogP contribution in [0.2, 0.25) is 0 Å². The molecule has 1 rings (SSSR count). The third-order valence-corrected chi connectivity index (χ3v) is 1.39. The predicted octanol–water partition coefficient (Wildman–Crippen LogP) is -4.53. The van der Waals surface area contributed by atoms with Gasteiger partial charge in [0.2, 0.25) is 0 Å². The average molecular weight is 293 g/mol. The number of benzene rings is 1. The summed E-state index contributed by atoms with van der Waals surface area (Å²) in [5.74, 6) is -4.31. The first-order valence-electron chi connectivity index (χ1n) is 3.09. The second kappa shape index (κ2) is 8.92. The maximum absolute atomic E-state index is 12.9. The quantitative estimate of drug-likeness (QED) is 0.357.